The second-order valence-corrected chi connectivity index (χ2v) is 3.63. The summed E-state index contributed by atoms with van der Waals surface area (Å²) in [5.41, 5.74) is 0.497. The molecule has 0 saturated carbocycles. The quantitative estimate of drug-likeness (QED) is 0.898. The van der Waals surface area contributed by atoms with Crippen molar-refractivity contribution in [3.8, 4) is 11.5 Å². The lowest BCUT2D eigenvalue weighted by atomic mass is 10.1. The summed E-state index contributed by atoms with van der Waals surface area (Å²) in [5, 5.41) is 9.78. The first kappa shape index (κ1) is 12.2. The summed E-state index contributed by atoms with van der Waals surface area (Å²) in [6.07, 6.45) is 0. The third kappa shape index (κ3) is 2.20. The number of carboxylic acid groups (broad SMARTS) is 1. The number of hydrogen-bond donors (Lipinski definition) is 1. The molecule has 0 amide bonds. The van der Waals surface area contributed by atoms with Gasteiger partial charge in [0.1, 0.15) is 11.5 Å². The molecule has 0 aliphatic heterocycles. The number of aromatic nitrogens is 1. The number of nitrogens with zero attached hydrogens (tertiary/aromatic N) is 1. The predicted octanol–water partition coefficient (Wildman–Crippen LogP) is 2.34. The van der Waals surface area contributed by atoms with Gasteiger partial charge < -0.3 is 14.6 Å². The topological polar surface area (TPSA) is 68.7 Å². The van der Waals surface area contributed by atoms with Crippen LogP contribution in [-0.4, -0.2) is 29.8 Å². The van der Waals surface area contributed by atoms with E-state index in [-0.39, 0.29) is 5.69 Å². The van der Waals surface area contributed by atoms with Gasteiger partial charge in [-0.05, 0) is 19.1 Å². The fourth-order valence-corrected chi connectivity index (χ4v) is 1.69. The van der Waals surface area contributed by atoms with Crippen molar-refractivity contribution in [1.82, 2.24) is 4.98 Å². The maximum Gasteiger partial charge on any atom is 0.354 e. The van der Waals surface area contributed by atoms with Gasteiger partial charge in [0.2, 0.25) is 0 Å². The second kappa shape index (κ2) is 4.91. The summed E-state index contributed by atoms with van der Waals surface area (Å²) in [7, 11) is 1.55. The molecule has 0 unspecified atom stereocenters. The van der Waals surface area contributed by atoms with E-state index in [2.05, 4.69) is 4.98 Å². The van der Waals surface area contributed by atoms with Crippen LogP contribution in [0, 0.1) is 0 Å². The molecule has 1 heterocycles. The number of carboxylic acids is 1. The first-order valence-electron chi connectivity index (χ1n) is 5.50. The fourth-order valence-electron chi connectivity index (χ4n) is 1.69. The van der Waals surface area contributed by atoms with Crippen LogP contribution in [0.4, 0.5) is 0 Å². The molecule has 0 fully saturated rings. The van der Waals surface area contributed by atoms with Crippen LogP contribution in [0.15, 0.2) is 24.3 Å². The normalized spacial score (nSPS) is 10.3. The van der Waals surface area contributed by atoms with Gasteiger partial charge in [-0.25, -0.2) is 9.78 Å². The summed E-state index contributed by atoms with van der Waals surface area (Å²) < 4.78 is 10.5. The Balaban J connectivity index is 2.68. The Kier molecular flexibility index (Phi) is 3.32. The number of aromatic carboxylic acids is 1. The van der Waals surface area contributed by atoms with E-state index in [1.54, 1.807) is 25.3 Å². The number of benzene rings is 1. The van der Waals surface area contributed by atoms with E-state index >= 15 is 0 Å². The smallest absolute Gasteiger partial charge is 0.354 e. The number of methoxy groups -OCH3 is 1. The number of fused-ring (bicyclic) bond motifs is 1. The van der Waals surface area contributed by atoms with Crippen LogP contribution < -0.4 is 9.47 Å². The largest absolute Gasteiger partial charge is 0.497 e. The molecule has 1 N–H and O–H groups in total. The highest BCUT2D eigenvalue weighted by Gasteiger charge is 2.12. The minimum atomic E-state index is -1.08. The van der Waals surface area contributed by atoms with Crippen molar-refractivity contribution in [2.75, 3.05) is 13.7 Å². The fraction of sp³-hybridized carbons (Fsp3) is 0.231. The van der Waals surface area contributed by atoms with Crippen molar-refractivity contribution in [2.24, 2.45) is 0 Å². The maximum atomic E-state index is 11.0. The maximum absolute atomic E-state index is 11.0. The molecular weight excluding hydrogens is 234 g/mol. The molecule has 0 atom stereocenters. The Morgan fingerprint density at radius 2 is 2.17 bits per heavy atom. The van der Waals surface area contributed by atoms with Gasteiger partial charge in [0.05, 0.1) is 19.2 Å². The molecule has 0 aliphatic carbocycles. The van der Waals surface area contributed by atoms with Crippen molar-refractivity contribution in [2.45, 2.75) is 6.92 Å². The zero-order chi connectivity index (χ0) is 13.1. The van der Waals surface area contributed by atoms with Gasteiger partial charge in [-0.15, -0.1) is 0 Å². The van der Waals surface area contributed by atoms with Gasteiger partial charge in [-0.1, -0.05) is 0 Å². The molecule has 94 valence electrons. The summed E-state index contributed by atoms with van der Waals surface area (Å²) in [5.74, 6) is 0.0585. The minimum absolute atomic E-state index is 0.0424. The third-order valence-electron chi connectivity index (χ3n) is 2.50. The summed E-state index contributed by atoms with van der Waals surface area (Å²) in [6, 6.07) is 6.70. The molecule has 1 aromatic heterocycles. The number of rotatable bonds is 4. The van der Waals surface area contributed by atoms with Gasteiger partial charge in [-0.3, -0.25) is 0 Å². The van der Waals surface area contributed by atoms with Crippen LogP contribution in [-0.2, 0) is 0 Å². The Bertz CT molecular complexity index is 595. The van der Waals surface area contributed by atoms with E-state index in [0.29, 0.717) is 23.6 Å². The van der Waals surface area contributed by atoms with Crippen molar-refractivity contribution in [3.63, 3.8) is 0 Å². The van der Waals surface area contributed by atoms with E-state index < -0.39 is 5.97 Å². The summed E-state index contributed by atoms with van der Waals surface area (Å²) in [6.45, 7) is 2.31. The standard InChI is InChI=1S/C13H13NO4/c1-3-18-12-7-11(13(15)16)14-10-6-8(17-2)4-5-9(10)12/h4-7H,3H2,1-2H3,(H,15,16). The van der Waals surface area contributed by atoms with Crippen LogP contribution in [0.2, 0.25) is 0 Å². The first-order valence-corrected chi connectivity index (χ1v) is 5.50. The molecule has 5 heteroatoms. The average Bonchev–Trinajstić information content (AvgIpc) is 2.38. The highest BCUT2D eigenvalue weighted by atomic mass is 16.5. The summed E-state index contributed by atoms with van der Waals surface area (Å²) >= 11 is 0. The number of carbonyl (C=O) groups is 1. The molecule has 0 aliphatic rings. The molecular formula is C13H13NO4. The molecule has 1 aromatic carbocycles. The van der Waals surface area contributed by atoms with E-state index in [0.717, 1.165) is 5.39 Å². The predicted molar refractivity (Wildman–Crippen MR) is 66.4 cm³/mol. The Hall–Kier alpha value is -2.30. The number of ether oxygens (including phenoxy) is 2. The van der Waals surface area contributed by atoms with E-state index in [4.69, 9.17) is 14.6 Å². The van der Waals surface area contributed by atoms with Crippen LogP contribution in [0.5, 0.6) is 11.5 Å². The van der Waals surface area contributed by atoms with Gasteiger partial charge in [0.25, 0.3) is 0 Å². The molecule has 18 heavy (non-hydrogen) atoms. The lowest BCUT2D eigenvalue weighted by Crippen LogP contribution is -2.03. The average molecular weight is 247 g/mol. The first-order chi connectivity index (χ1) is 8.65. The van der Waals surface area contributed by atoms with Gasteiger partial charge >= 0.3 is 5.97 Å². The third-order valence-corrected chi connectivity index (χ3v) is 2.50. The van der Waals surface area contributed by atoms with E-state index in [1.165, 1.54) is 6.07 Å². The van der Waals surface area contributed by atoms with Crippen LogP contribution in [0.3, 0.4) is 0 Å². The second-order valence-electron chi connectivity index (χ2n) is 3.63. The monoisotopic (exact) mass is 247 g/mol. The Morgan fingerprint density at radius 3 is 2.78 bits per heavy atom. The lowest BCUT2D eigenvalue weighted by molar-refractivity contribution is 0.0690. The zero-order valence-corrected chi connectivity index (χ0v) is 10.1. The highest BCUT2D eigenvalue weighted by molar-refractivity contribution is 5.93. The Labute approximate surface area is 104 Å². The highest BCUT2D eigenvalue weighted by Crippen LogP contribution is 2.28. The van der Waals surface area contributed by atoms with E-state index in [9.17, 15) is 4.79 Å². The molecule has 5 nitrogen and oxygen atoms in total. The van der Waals surface area contributed by atoms with Gasteiger partial charge in [-0.2, -0.15) is 0 Å². The van der Waals surface area contributed by atoms with Crippen molar-refractivity contribution in [3.05, 3.63) is 30.0 Å². The van der Waals surface area contributed by atoms with Crippen molar-refractivity contribution < 1.29 is 19.4 Å². The minimum Gasteiger partial charge on any atom is -0.497 e. The number of pyridine rings is 1. The molecule has 0 spiro atoms. The lowest BCUT2D eigenvalue weighted by Gasteiger charge is -2.09. The molecule has 0 radical (unpaired) electrons. The van der Waals surface area contributed by atoms with Crippen LogP contribution in [0.1, 0.15) is 17.4 Å². The SMILES string of the molecule is CCOc1cc(C(=O)O)nc2cc(OC)ccc12. The number of hydrogen-bond acceptors (Lipinski definition) is 4. The molecule has 0 bridgehead atoms. The zero-order valence-electron chi connectivity index (χ0n) is 10.1. The molecule has 0 saturated heterocycles. The molecule has 2 aromatic rings. The Morgan fingerprint density at radius 1 is 1.39 bits per heavy atom. The van der Waals surface area contributed by atoms with Gasteiger partial charge in [0.15, 0.2) is 5.69 Å². The van der Waals surface area contributed by atoms with Gasteiger partial charge in [0, 0.05) is 17.5 Å². The van der Waals surface area contributed by atoms with Crippen molar-refractivity contribution in [1.29, 1.82) is 0 Å². The van der Waals surface area contributed by atoms with E-state index in [1.807, 2.05) is 6.92 Å². The van der Waals surface area contributed by atoms with Crippen molar-refractivity contribution >= 4 is 16.9 Å². The van der Waals surface area contributed by atoms with Crippen LogP contribution in [0.25, 0.3) is 10.9 Å². The molecule has 2 rings (SSSR count). The summed E-state index contributed by atoms with van der Waals surface area (Å²) in [4.78, 5) is 15.1. The van der Waals surface area contributed by atoms with Crippen LogP contribution >= 0.6 is 0 Å².